The first kappa shape index (κ1) is 14.8. The van der Waals surface area contributed by atoms with Gasteiger partial charge in [-0.15, -0.1) is 0 Å². The molecular formula is C14H19NO4S. The molecular weight excluding hydrogens is 278 g/mol. The van der Waals surface area contributed by atoms with E-state index in [1.165, 1.54) is 6.92 Å². The number of benzene rings is 1. The van der Waals surface area contributed by atoms with Crippen molar-refractivity contribution in [1.82, 2.24) is 0 Å². The summed E-state index contributed by atoms with van der Waals surface area (Å²) in [5.74, 6) is 0.349. The molecule has 1 saturated carbocycles. The molecule has 1 fully saturated rings. The van der Waals surface area contributed by atoms with Gasteiger partial charge in [-0.25, -0.2) is 8.42 Å². The second-order valence-corrected chi connectivity index (χ2v) is 6.91. The number of hydrogen-bond acceptors (Lipinski definition) is 4. The van der Waals surface area contributed by atoms with Gasteiger partial charge in [-0.1, -0.05) is 0 Å². The van der Waals surface area contributed by atoms with Crippen LogP contribution in [0.25, 0.3) is 0 Å². The first-order valence-corrected chi connectivity index (χ1v) is 8.54. The van der Waals surface area contributed by atoms with E-state index >= 15 is 0 Å². The van der Waals surface area contributed by atoms with Gasteiger partial charge in [0.1, 0.15) is 5.75 Å². The van der Waals surface area contributed by atoms with Crippen molar-refractivity contribution < 1.29 is 17.9 Å². The summed E-state index contributed by atoms with van der Waals surface area (Å²) in [7, 11) is -3.38. The van der Waals surface area contributed by atoms with Crippen LogP contribution in [0.4, 0.5) is 5.69 Å². The minimum absolute atomic E-state index is 0.0767. The molecule has 20 heavy (non-hydrogen) atoms. The Morgan fingerprint density at radius 2 is 1.95 bits per heavy atom. The van der Waals surface area contributed by atoms with Gasteiger partial charge in [0.25, 0.3) is 0 Å². The fourth-order valence-electron chi connectivity index (χ4n) is 2.31. The van der Waals surface area contributed by atoms with E-state index in [2.05, 4.69) is 4.72 Å². The monoisotopic (exact) mass is 297 g/mol. The highest BCUT2D eigenvalue weighted by Crippen LogP contribution is 2.31. The molecule has 2 rings (SSSR count). The third-order valence-corrected chi connectivity index (χ3v) is 3.87. The van der Waals surface area contributed by atoms with E-state index in [9.17, 15) is 13.2 Å². The van der Waals surface area contributed by atoms with Crippen molar-refractivity contribution in [2.75, 3.05) is 11.0 Å². The minimum atomic E-state index is -3.38. The fourth-order valence-corrected chi connectivity index (χ4v) is 2.88. The summed E-state index contributed by atoms with van der Waals surface area (Å²) in [4.78, 5) is 11.4. The molecule has 0 amide bonds. The molecule has 1 aromatic rings. The lowest BCUT2D eigenvalue weighted by Crippen LogP contribution is -2.15. The van der Waals surface area contributed by atoms with Crippen molar-refractivity contribution in [3.63, 3.8) is 0 Å². The average molecular weight is 297 g/mol. The molecule has 1 aliphatic carbocycles. The third-order valence-electron chi connectivity index (χ3n) is 3.28. The van der Waals surface area contributed by atoms with Crippen molar-refractivity contribution >= 4 is 21.5 Å². The maximum atomic E-state index is 11.4. The van der Waals surface area contributed by atoms with Gasteiger partial charge in [0.2, 0.25) is 10.0 Å². The van der Waals surface area contributed by atoms with E-state index in [1.54, 1.807) is 18.2 Å². The summed E-state index contributed by atoms with van der Waals surface area (Å²) in [5, 5.41) is 0. The van der Waals surface area contributed by atoms with Crippen LogP contribution in [0.1, 0.15) is 43.0 Å². The lowest BCUT2D eigenvalue weighted by molar-refractivity contribution is 0.101. The molecule has 6 heteroatoms. The van der Waals surface area contributed by atoms with Crippen LogP contribution in [0.15, 0.2) is 18.2 Å². The van der Waals surface area contributed by atoms with Gasteiger partial charge in [-0.2, -0.15) is 0 Å². The minimum Gasteiger partial charge on any atom is -0.488 e. The molecule has 0 spiro atoms. The van der Waals surface area contributed by atoms with E-state index in [1.807, 2.05) is 0 Å². The van der Waals surface area contributed by atoms with Crippen LogP contribution in [0.2, 0.25) is 0 Å². The lowest BCUT2D eigenvalue weighted by Gasteiger charge is -2.17. The summed E-state index contributed by atoms with van der Waals surface area (Å²) in [5.41, 5.74) is 0.890. The number of hydrogen-bond donors (Lipinski definition) is 1. The zero-order valence-electron chi connectivity index (χ0n) is 11.7. The number of carbonyl (C=O) groups excluding carboxylic acids is 1. The summed E-state index contributed by atoms with van der Waals surface area (Å²) >= 11 is 0. The van der Waals surface area contributed by atoms with Gasteiger partial charge < -0.3 is 4.74 Å². The van der Waals surface area contributed by atoms with E-state index in [0.29, 0.717) is 17.0 Å². The van der Waals surface area contributed by atoms with Gasteiger partial charge in [-0.3, -0.25) is 9.52 Å². The highest BCUT2D eigenvalue weighted by Gasteiger charge is 2.19. The van der Waals surface area contributed by atoms with Crippen LogP contribution < -0.4 is 9.46 Å². The SMILES string of the molecule is CC(=O)c1ccc(NS(C)(=O)=O)c(OC2CCCC2)c1. The number of anilines is 1. The lowest BCUT2D eigenvalue weighted by atomic mass is 10.1. The zero-order chi connectivity index (χ0) is 14.8. The molecule has 0 saturated heterocycles. The smallest absolute Gasteiger partial charge is 0.229 e. The van der Waals surface area contributed by atoms with Gasteiger partial charge in [0, 0.05) is 5.56 Å². The summed E-state index contributed by atoms with van der Waals surface area (Å²) in [6, 6.07) is 4.77. The van der Waals surface area contributed by atoms with E-state index in [4.69, 9.17) is 4.74 Å². The predicted molar refractivity (Wildman–Crippen MR) is 77.8 cm³/mol. The molecule has 5 nitrogen and oxygen atoms in total. The Labute approximate surface area is 119 Å². The topological polar surface area (TPSA) is 72.5 Å². The van der Waals surface area contributed by atoms with Crippen LogP contribution in [-0.2, 0) is 10.0 Å². The number of rotatable bonds is 5. The van der Waals surface area contributed by atoms with Crippen molar-refractivity contribution in [2.24, 2.45) is 0 Å². The molecule has 0 atom stereocenters. The van der Waals surface area contributed by atoms with Crippen LogP contribution in [-0.4, -0.2) is 26.6 Å². The number of Topliss-reactive ketones (excluding diaryl/α,β-unsaturated/α-hetero) is 1. The molecule has 1 aromatic carbocycles. The quantitative estimate of drug-likeness (QED) is 0.848. The molecule has 0 radical (unpaired) electrons. The molecule has 1 N–H and O–H groups in total. The Morgan fingerprint density at radius 1 is 1.30 bits per heavy atom. The normalized spacial score (nSPS) is 16.1. The first-order valence-electron chi connectivity index (χ1n) is 6.64. The third kappa shape index (κ3) is 3.96. The average Bonchev–Trinajstić information content (AvgIpc) is 2.82. The largest absolute Gasteiger partial charge is 0.488 e. The highest BCUT2D eigenvalue weighted by molar-refractivity contribution is 7.92. The molecule has 0 unspecified atom stereocenters. The zero-order valence-corrected chi connectivity index (χ0v) is 12.5. The van der Waals surface area contributed by atoms with E-state index < -0.39 is 10.0 Å². The van der Waals surface area contributed by atoms with Gasteiger partial charge in [0.05, 0.1) is 18.0 Å². The number of ether oxygens (including phenoxy) is 1. The standard InChI is InChI=1S/C14H19NO4S/c1-10(16)11-7-8-13(15-20(2,17)18)14(9-11)19-12-5-3-4-6-12/h7-9,12,15H,3-6H2,1-2H3. The molecule has 1 aliphatic rings. The summed E-state index contributed by atoms with van der Waals surface area (Å²) in [6.45, 7) is 1.47. The molecule has 110 valence electrons. The number of ketones is 1. The second kappa shape index (κ2) is 5.83. The Kier molecular flexibility index (Phi) is 4.32. The van der Waals surface area contributed by atoms with Crippen LogP contribution in [0.5, 0.6) is 5.75 Å². The molecule has 0 heterocycles. The Balaban J connectivity index is 2.31. The van der Waals surface area contributed by atoms with Crippen LogP contribution in [0, 0.1) is 0 Å². The Bertz CT molecular complexity index is 604. The summed E-state index contributed by atoms with van der Waals surface area (Å²) < 4.78 is 31.0. The highest BCUT2D eigenvalue weighted by atomic mass is 32.2. The van der Waals surface area contributed by atoms with Crippen LogP contribution in [0.3, 0.4) is 0 Å². The van der Waals surface area contributed by atoms with E-state index in [0.717, 1.165) is 31.9 Å². The van der Waals surface area contributed by atoms with Gasteiger partial charge >= 0.3 is 0 Å². The maximum Gasteiger partial charge on any atom is 0.229 e. The van der Waals surface area contributed by atoms with Crippen molar-refractivity contribution in [2.45, 2.75) is 38.7 Å². The Morgan fingerprint density at radius 3 is 2.50 bits per heavy atom. The van der Waals surface area contributed by atoms with Gasteiger partial charge in [0.15, 0.2) is 5.78 Å². The van der Waals surface area contributed by atoms with Crippen molar-refractivity contribution in [3.8, 4) is 5.75 Å². The predicted octanol–water partition coefficient (Wildman–Crippen LogP) is 2.58. The second-order valence-electron chi connectivity index (χ2n) is 5.17. The fraction of sp³-hybridized carbons (Fsp3) is 0.500. The number of carbonyl (C=O) groups is 1. The number of sulfonamides is 1. The Hall–Kier alpha value is -1.56. The van der Waals surface area contributed by atoms with Crippen LogP contribution >= 0.6 is 0 Å². The first-order chi connectivity index (χ1) is 9.35. The number of nitrogens with one attached hydrogen (secondary N) is 1. The molecule has 0 bridgehead atoms. The van der Waals surface area contributed by atoms with E-state index in [-0.39, 0.29) is 11.9 Å². The maximum absolute atomic E-state index is 11.4. The summed E-state index contributed by atoms with van der Waals surface area (Å²) in [6.07, 6.45) is 5.34. The molecule has 0 aromatic heterocycles. The van der Waals surface area contributed by atoms with Gasteiger partial charge in [-0.05, 0) is 50.8 Å². The van der Waals surface area contributed by atoms with Crippen molar-refractivity contribution in [1.29, 1.82) is 0 Å². The molecule has 0 aliphatic heterocycles. The van der Waals surface area contributed by atoms with Crippen molar-refractivity contribution in [3.05, 3.63) is 23.8 Å².